The Balaban J connectivity index is 1.91. The van der Waals surface area contributed by atoms with Crippen LogP contribution < -0.4 is 5.73 Å². The Labute approximate surface area is 97.2 Å². The number of ether oxygens (including phenoxy) is 1. The van der Waals surface area contributed by atoms with Crippen LogP contribution in [-0.4, -0.2) is 31.2 Å². The van der Waals surface area contributed by atoms with Crippen LogP contribution in [0.1, 0.15) is 17.5 Å². The number of nitrogens with two attached hydrogens (primary N) is 1. The average molecular weight is 220 g/mol. The fourth-order valence-electron chi connectivity index (χ4n) is 1.99. The zero-order valence-electron chi connectivity index (χ0n) is 9.69. The molecular weight excluding hydrogens is 200 g/mol. The van der Waals surface area contributed by atoms with Gasteiger partial charge in [-0.2, -0.15) is 0 Å². The minimum Gasteiger partial charge on any atom is -0.380 e. The van der Waals surface area contributed by atoms with Crippen LogP contribution in [-0.2, 0) is 17.8 Å². The molecule has 2 N–H and O–H groups in total. The SMILES string of the molecule is NCc1ccc(CN2CCCOCC2)cc1. The molecule has 88 valence electrons. The van der Waals surface area contributed by atoms with Crippen LogP contribution in [0.15, 0.2) is 24.3 Å². The fourth-order valence-corrected chi connectivity index (χ4v) is 1.99. The van der Waals surface area contributed by atoms with Crippen LogP contribution in [0.3, 0.4) is 0 Å². The van der Waals surface area contributed by atoms with Crippen LogP contribution in [0.25, 0.3) is 0 Å². The molecule has 0 aromatic heterocycles. The van der Waals surface area contributed by atoms with E-state index >= 15 is 0 Å². The molecule has 1 saturated heterocycles. The van der Waals surface area contributed by atoms with Gasteiger partial charge < -0.3 is 10.5 Å². The molecule has 16 heavy (non-hydrogen) atoms. The van der Waals surface area contributed by atoms with Crippen molar-refractivity contribution < 1.29 is 4.74 Å². The van der Waals surface area contributed by atoms with Crippen LogP contribution in [0.5, 0.6) is 0 Å². The maximum absolute atomic E-state index is 5.58. The lowest BCUT2D eigenvalue weighted by molar-refractivity contribution is 0.140. The summed E-state index contributed by atoms with van der Waals surface area (Å²) in [7, 11) is 0. The monoisotopic (exact) mass is 220 g/mol. The first-order valence-electron chi connectivity index (χ1n) is 5.96. The molecule has 2 rings (SSSR count). The highest BCUT2D eigenvalue weighted by molar-refractivity contribution is 5.22. The van der Waals surface area contributed by atoms with E-state index in [-0.39, 0.29) is 0 Å². The summed E-state index contributed by atoms with van der Waals surface area (Å²) < 4.78 is 5.44. The molecule has 1 heterocycles. The van der Waals surface area contributed by atoms with Crippen molar-refractivity contribution in [3.05, 3.63) is 35.4 Å². The van der Waals surface area contributed by atoms with Gasteiger partial charge in [-0.1, -0.05) is 24.3 Å². The Bertz CT molecular complexity index is 302. The molecule has 1 aliphatic heterocycles. The van der Waals surface area contributed by atoms with E-state index in [9.17, 15) is 0 Å². The molecule has 0 bridgehead atoms. The Morgan fingerprint density at radius 2 is 1.81 bits per heavy atom. The molecule has 0 aliphatic carbocycles. The summed E-state index contributed by atoms with van der Waals surface area (Å²) in [5.41, 5.74) is 8.14. The van der Waals surface area contributed by atoms with Gasteiger partial charge in [0.1, 0.15) is 0 Å². The first kappa shape index (κ1) is 11.6. The van der Waals surface area contributed by atoms with Crippen molar-refractivity contribution in [3.63, 3.8) is 0 Å². The molecule has 0 atom stereocenters. The lowest BCUT2D eigenvalue weighted by Gasteiger charge is -2.19. The normalized spacial score (nSPS) is 18.3. The van der Waals surface area contributed by atoms with E-state index in [4.69, 9.17) is 10.5 Å². The first-order chi connectivity index (χ1) is 7.88. The number of hydrogen-bond donors (Lipinski definition) is 1. The first-order valence-corrected chi connectivity index (χ1v) is 5.96. The summed E-state index contributed by atoms with van der Waals surface area (Å²) in [6.45, 7) is 5.59. The van der Waals surface area contributed by atoms with E-state index in [2.05, 4.69) is 29.2 Å². The van der Waals surface area contributed by atoms with Crippen molar-refractivity contribution in [2.75, 3.05) is 26.3 Å². The summed E-state index contributed by atoms with van der Waals surface area (Å²) in [6, 6.07) is 8.58. The van der Waals surface area contributed by atoms with E-state index in [1.54, 1.807) is 0 Å². The Morgan fingerprint density at radius 3 is 2.56 bits per heavy atom. The summed E-state index contributed by atoms with van der Waals surface area (Å²) in [4.78, 5) is 2.45. The quantitative estimate of drug-likeness (QED) is 0.836. The standard InChI is InChI=1S/C13H20N2O/c14-10-12-2-4-13(5-3-12)11-15-6-1-8-16-9-7-15/h2-5H,1,6-11,14H2. The average Bonchev–Trinajstić information content (AvgIpc) is 2.59. The topological polar surface area (TPSA) is 38.5 Å². The summed E-state index contributed by atoms with van der Waals surface area (Å²) >= 11 is 0. The minimum atomic E-state index is 0.623. The molecule has 0 unspecified atom stereocenters. The molecule has 0 radical (unpaired) electrons. The van der Waals surface area contributed by atoms with E-state index in [1.165, 1.54) is 11.1 Å². The molecule has 1 aliphatic rings. The van der Waals surface area contributed by atoms with Gasteiger partial charge in [0.15, 0.2) is 0 Å². The fraction of sp³-hybridized carbons (Fsp3) is 0.538. The maximum atomic E-state index is 5.58. The second-order valence-corrected chi connectivity index (χ2v) is 4.26. The van der Waals surface area contributed by atoms with E-state index in [1.807, 2.05) is 0 Å². The largest absolute Gasteiger partial charge is 0.380 e. The Kier molecular flexibility index (Phi) is 4.34. The molecular formula is C13H20N2O. The van der Waals surface area contributed by atoms with Crippen molar-refractivity contribution in [3.8, 4) is 0 Å². The van der Waals surface area contributed by atoms with Gasteiger partial charge in [0.25, 0.3) is 0 Å². The Hall–Kier alpha value is -0.900. The molecule has 0 amide bonds. The molecule has 1 aromatic carbocycles. The van der Waals surface area contributed by atoms with Gasteiger partial charge in [-0.25, -0.2) is 0 Å². The predicted molar refractivity (Wildman–Crippen MR) is 65.0 cm³/mol. The number of rotatable bonds is 3. The van der Waals surface area contributed by atoms with Crippen molar-refractivity contribution in [2.24, 2.45) is 5.73 Å². The third-order valence-electron chi connectivity index (χ3n) is 2.98. The highest BCUT2D eigenvalue weighted by Crippen LogP contribution is 2.09. The van der Waals surface area contributed by atoms with Crippen molar-refractivity contribution in [1.29, 1.82) is 0 Å². The maximum Gasteiger partial charge on any atom is 0.0593 e. The molecule has 0 spiro atoms. The van der Waals surface area contributed by atoms with Gasteiger partial charge in [-0.15, -0.1) is 0 Å². The number of hydrogen-bond acceptors (Lipinski definition) is 3. The second-order valence-electron chi connectivity index (χ2n) is 4.26. The summed E-state index contributed by atoms with van der Waals surface area (Å²) in [5.74, 6) is 0. The van der Waals surface area contributed by atoms with Gasteiger partial charge in [-0.05, 0) is 17.5 Å². The Morgan fingerprint density at radius 1 is 1.06 bits per heavy atom. The number of nitrogens with zero attached hydrogens (tertiary/aromatic N) is 1. The highest BCUT2D eigenvalue weighted by atomic mass is 16.5. The minimum absolute atomic E-state index is 0.623. The van der Waals surface area contributed by atoms with Crippen LogP contribution in [0.4, 0.5) is 0 Å². The van der Waals surface area contributed by atoms with Crippen molar-refractivity contribution >= 4 is 0 Å². The molecule has 1 aromatic rings. The van der Waals surface area contributed by atoms with Crippen LogP contribution >= 0.6 is 0 Å². The smallest absolute Gasteiger partial charge is 0.0593 e. The molecule has 1 fully saturated rings. The van der Waals surface area contributed by atoms with Gasteiger partial charge in [0, 0.05) is 32.8 Å². The molecule has 3 heteroatoms. The van der Waals surface area contributed by atoms with Crippen LogP contribution in [0.2, 0.25) is 0 Å². The lowest BCUT2D eigenvalue weighted by atomic mass is 10.1. The van der Waals surface area contributed by atoms with E-state index < -0.39 is 0 Å². The van der Waals surface area contributed by atoms with Crippen molar-refractivity contribution in [2.45, 2.75) is 19.5 Å². The second kappa shape index (κ2) is 5.99. The summed E-state index contributed by atoms with van der Waals surface area (Å²) in [6.07, 6.45) is 1.14. The summed E-state index contributed by atoms with van der Waals surface area (Å²) in [5, 5.41) is 0. The van der Waals surface area contributed by atoms with Gasteiger partial charge in [0.05, 0.1) is 6.61 Å². The number of benzene rings is 1. The predicted octanol–water partition coefficient (Wildman–Crippen LogP) is 1.37. The van der Waals surface area contributed by atoms with E-state index in [0.717, 1.165) is 39.3 Å². The van der Waals surface area contributed by atoms with Crippen LogP contribution in [0, 0.1) is 0 Å². The van der Waals surface area contributed by atoms with E-state index in [0.29, 0.717) is 6.54 Å². The highest BCUT2D eigenvalue weighted by Gasteiger charge is 2.09. The van der Waals surface area contributed by atoms with Crippen molar-refractivity contribution in [1.82, 2.24) is 4.90 Å². The molecule has 3 nitrogen and oxygen atoms in total. The third-order valence-corrected chi connectivity index (χ3v) is 2.98. The van der Waals surface area contributed by atoms with Gasteiger partial charge >= 0.3 is 0 Å². The zero-order chi connectivity index (χ0) is 11.2. The molecule has 0 saturated carbocycles. The van der Waals surface area contributed by atoms with Gasteiger partial charge in [0.2, 0.25) is 0 Å². The third kappa shape index (κ3) is 3.30. The lowest BCUT2D eigenvalue weighted by Crippen LogP contribution is -2.25. The van der Waals surface area contributed by atoms with Gasteiger partial charge in [-0.3, -0.25) is 4.90 Å². The zero-order valence-corrected chi connectivity index (χ0v) is 9.69.